The predicted octanol–water partition coefficient (Wildman–Crippen LogP) is 1.69. The number of hydrogen-bond acceptors (Lipinski definition) is 4. The molecule has 4 atom stereocenters. The van der Waals surface area contributed by atoms with E-state index in [1.807, 2.05) is 12.2 Å². The first-order valence-electron chi connectivity index (χ1n) is 7.35. The molecule has 0 aromatic carbocycles. The minimum atomic E-state index is -0.802. The molecule has 5 nitrogen and oxygen atoms in total. The molecular formula is C16H24O5. The zero-order valence-electron chi connectivity index (χ0n) is 12.3. The molecule has 0 aromatic heterocycles. The van der Waals surface area contributed by atoms with Gasteiger partial charge in [0.25, 0.3) is 0 Å². The molecule has 0 unspecified atom stereocenters. The second-order valence-corrected chi connectivity index (χ2v) is 5.55. The number of carboxylic acid groups (broad SMARTS) is 1. The van der Waals surface area contributed by atoms with Crippen LogP contribution in [0.25, 0.3) is 0 Å². The van der Waals surface area contributed by atoms with Gasteiger partial charge in [-0.3, -0.25) is 9.59 Å². The van der Waals surface area contributed by atoms with E-state index in [9.17, 15) is 19.8 Å². The van der Waals surface area contributed by atoms with E-state index in [1.165, 1.54) is 0 Å². The van der Waals surface area contributed by atoms with E-state index >= 15 is 0 Å². The summed E-state index contributed by atoms with van der Waals surface area (Å²) in [5.74, 6) is -1.31. The van der Waals surface area contributed by atoms with Gasteiger partial charge in [-0.15, -0.1) is 0 Å². The quantitative estimate of drug-likeness (QED) is 0.468. The SMILES string of the molecule is C[C@H](O)/C=C/[C@H]1C(=O)C[C@H](O)[C@@H]1C/C=C\CCCC(=O)O. The molecule has 1 fully saturated rings. The average molecular weight is 296 g/mol. The molecule has 0 aliphatic heterocycles. The number of carbonyl (C=O) groups excluding carboxylic acids is 1. The van der Waals surface area contributed by atoms with Gasteiger partial charge in [0.1, 0.15) is 5.78 Å². The molecule has 118 valence electrons. The van der Waals surface area contributed by atoms with Crippen molar-refractivity contribution in [1.29, 1.82) is 0 Å². The molecule has 1 rings (SSSR count). The van der Waals surface area contributed by atoms with Crippen LogP contribution < -0.4 is 0 Å². The molecule has 0 spiro atoms. The predicted molar refractivity (Wildman–Crippen MR) is 78.7 cm³/mol. The second-order valence-electron chi connectivity index (χ2n) is 5.55. The third-order valence-electron chi connectivity index (χ3n) is 3.67. The van der Waals surface area contributed by atoms with Gasteiger partial charge in [-0.05, 0) is 26.2 Å². The van der Waals surface area contributed by atoms with E-state index in [-0.39, 0.29) is 30.5 Å². The van der Waals surface area contributed by atoms with Gasteiger partial charge in [0.05, 0.1) is 12.2 Å². The molecule has 21 heavy (non-hydrogen) atoms. The molecule has 5 heteroatoms. The minimum absolute atomic E-state index is 0.00340. The molecule has 0 radical (unpaired) electrons. The monoisotopic (exact) mass is 296 g/mol. The van der Waals surface area contributed by atoms with Crippen LogP contribution in [0, 0.1) is 11.8 Å². The fraction of sp³-hybridized carbons (Fsp3) is 0.625. The Morgan fingerprint density at radius 1 is 1.43 bits per heavy atom. The van der Waals surface area contributed by atoms with Crippen LogP contribution in [0.2, 0.25) is 0 Å². The van der Waals surface area contributed by atoms with Gasteiger partial charge in [0.2, 0.25) is 0 Å². The summed E-state index contributed by atoms with van der Waals surface area (Å²) in [6.45, 7) is 1.61. The number of rotatable bonds is 8. The van der Waals surface area contributed by atoms with Crippen molar-refractivity contribution in [3.05, 3.63) is 24.3 Å². The van der Waals surface area contributed by atoms with Crippen LogP contribution in [0.5, 0.6) is 0 Å². The number of aliphatic carboxylic acids is 1. The molecule has 0 bridgehead atoms. The maximum Gasteiger partial charge on any atom is 0.303 e. The minimum Gasteiger partial charge on any atom is -0.481 e. The van der Waals surface area contributed by atoms with Crippen molar-refractivity contribution in [2.45, 2.75) is 51.2 Å². The van der Waals surface area contributed by atoms with Crippen LogP contribution >= 0.6 is 0 Å². The van der Waals surface area contributed by atoms with E-state index in [0.717, 1.165) is 0 Å². The summed E-state index contributed by atoms with van der Waals surface area (Å²) < 4.78 is 0. The van der Waals surface area contributed by atoms with Crippen molar-refractivity contribution in [3.63, 3.8) is 0 Å². The first kappa shape index (κ1) is 17.6. The summed E-state index contributed by atoms with van der Waals surface area (Å²) in [6, 6.07) is 0. The first-order valence-corrected chi connectivity index (χ1v) is 7.35. The van der Waals surface area contributed by atoms with E-state index in [0.29, 0.717) is 19.3 Å². The van der Waals surface area contributed by atoms with Gasteiger partial charge < -0.3 is 15.3 Å². The number of allylic oxidation sites excluding steroid dienone is 3. The fourth-order valence-corrected chi connectivity index (χ4v) is 2.55. The van der Waals surface area contributed by atoms with E-state index < -0.39 is 18.2 Å². The van der Waals surface area contributed by atoms with E-state index in [2.05, 4.69) is 0 Å². The van der Waals surface area contributed by atoms with Crippen LogP contribution in [0.4, 0.5) is 0 Å². The number of carboxylic acids is 1. The fourth-order valence-electron chi connectivity index (χ4n) is 2.55. The number of ketones is 1. The average Bonchev–Trinajstić information content (AvgIpc) is 2.65. The Kier molecular flexibility index (Phi) is 7.32. The lowest BCUT2D eigenvalue weighted by Gasteiger charge is -2.16. The van der Waals surface area contributed by atoms with E-state index in [1.54, 1.807) is 19.1 Å². The molecule has 0 saturated heterocycles. The molecule has 0 aromatic rings. The lowest BCUT2D eigenvalue weighted by Crippen LogP contribution is -2.18. The number of hydrogen-bond donors (Lipinski definition) is 3. The number of unbranched alkanes of at least 4 members (excludes halogenated alkanes) is 1. The number of Topliss-reactive ketones (excluding diaryl/α,β-unsaturated/α-hetero) is 1. The highest BCUT2D eigenvalue weighted by Crippen LogP contribution is 2.33. The molecule has 1 aliphatic carbocycles. The van der Waals surface area contributed by atoms with Gasteiger partial charge in [-0.1, -0.05) is 24.3 Å². The van der Waals surface area contributed by atoms with Crippen LogP contribution in [0.3, 0.4) is 0 Å². The Morgan fingerprint density at radius 3 is 2.76 bits per heavy atom. The van der Waals surface area contributed by atoms with Crippen molar-refractivity contribution >= 4 is 11.8 Å². The lowest BCUT2D eigenvalue weighted by atomic mass is 9.90. The van der Waals surface area contributed by atoms with Gasteiger partial charge in [-0.2, -0.15) is 0 Å². The molecule has 0 heterocycles. The van der Waals surface area contributed by atoms with E-state index in [4.69, 9.17) is 5.11 Å². The molecule has 1 saturated carbocycles. The Labute approximate surface area is 125 Å². The van der Waals surface area contributed by atoms with Crippen LogP contribution in [0.15, 0.2) is 24.3 Å². The normalized spacial score (nSPS) is 27.8. The second kappa shape index (κ2) is 8.74. The Bertz CT molecular complexity index is 411. The van der Waals surface area contributed by atoms with Crippen molar-refractivity contribution in [3.8, 4) is 0 Å². The zero-order chi connectivity index (χ0) is 15.8. The topological polar surface area (TPSA) is 94.8 Å². The van der Waals surface area contributed by atoms with Crippen molar-refractivity contribution in [2.75, 3.05) is 0 Å². The Balaban J connectivity index is 2.48. The largest absolute Gasteiger partial charge is 0.481 e. The maximum atomic E-state index is 11.8. The Hall–Kier alpha value is -1.46. The number of carbonyl (C=O) groups is 2. The summed E-state index contributed by atoms with van der Waals surface area (Å²) in [5, 5.41) is 27.7. The highest BCUT2D eigenvalue weighted by molar-refractivity contribution is 5.86. The number of aliphatic hydroxyl groups excluding tert-OH is 2. The van der Waals surface area contributed by atoms with Crippen LogP contribution in [-0.4, -0.2) is 39.3 Å². The summed E-state index contributed by atoms with van der Waals surface area (Å²) in [4.78, 5) is 22.2. The maximum absolute atomic E-state index is 11.8. The molecular weight excluding hydrogens is 272 g/mol. The zero-order valence-corrected chi connectivity index (χ0v) is 12.3. The van der Waals surface area contributed by atoms with Crippen molar-refractivity contribution in [1.82, 2.24) is 0 Å². The highest BCUT2D eigenvalue weighted by Gasteiger charge is 2.39. The summed E-state index contributed by atoms with van der Waals surface area (Å²) in [5.41, 5.74) is 0. The van der Waals surface area contributed by atoms with Crippen molar-refractivity contribution in [2.24, 2.45) is 11.8 Å². The lowest BCUT2D eigenvalue weighted by molar-refractivity contribution is -0.137. The van der Waals surface area contributed by atoms with Gasteiger partial charge >= 0.3 is 5.97 Å². The third-order valence-corrected chi connectivity index (χ3v) is 3.67. The summed E-state index contributed by atoms with van der Waals surface area (Å²) >= 11 is 0. The van der Waals surface area contributed by atoms with Gasteiger partial charge in [0.15, 0.2) is 0 Å². The highest BCUT2D eigenvalue weighted by atomic mass is 16.4. The number of aliphatic hydroxyl groups is 2. The summed E-state index contributed by atoms with van der Waals surface area (Å²) in [6.07, 6.45) is 7.95. The first-order chi connectivity index (χ1) is 9.91. The van der Waals surface area contributed by atoms with Gasteiger partial charge in [-0.25, -0.2) is 0 Å². The molecule has 0 amide bonds. The standard InChI is InChI=1S/C16H24O5/c1-11(17)8-9-13-12(14(18)10-15(13)19)6-4-2-3-5-7-16(20)21/h2,4,8-9,11-14,17-18H,3,5-7,10H2,1H3,(H,20,21)/b4-2-,9-8+/t11-,12+,13+,14-/m0/s1. The van der Waals surface area contributed by atoms with Gasteiger partial charge in [0, 0.05) is 24.7 Å². The Morgan fingerprint density at radius 2 is 2.14 bits per heavy atom. The summed E-state index contributed by atoms with van der Waals surface area (Å²) in [7, 11) is 0. The van der Waals surface area contributed by atoms with Crippen LogP contribution in [0.1, 0.15) is 39.0 Å². The molecule has 1 aliphatic rings. The molecule has 3 N–H and O–H groups in total. The van der Waals surface area contributed by atoms with Crippen molar-refractivity contribution < 1.29 is 24.9 Å². The third kappa shape index (κ3) is 6.23. The smallest absolute Gasteiger partial charge is 0.303 e. The van der Waals surface area contributed by atoms with Crippen LogP contribution in [-0.2, 0) is 9.59 Å².